The number of hydrogen-bond acceptors (Lipinski definition) is 6. The van der Waals surface area contributed by atoms with Crippen molar-refractivity contribution in [3.63, 3.8) is 0 Å². The molecule has 8 nitrogen and oxygen atoms in total. The van der Waals surface area contributed by atoms with E-state index in [1.54, 1.807) is 62.4 Å². The number of nitrogens with one attached hydrogen (secondary N) is 1. The second-order valence-electron chi connectivity index (χ2n) is 7.60. The summed E-state index contributed by atoms with van der Waals surface area (Å²) in [5.41, 5.74) is 0.993. The molecule has 2 aromatic carbocycles. The van der Waals surface area contributed by atoms with Crippen molar-refractivity contribution in [1.29, 1.82) is 0 Å². The Morgan fingerprint density at radius 1 is 0.969 bits per heavy atom. The fourth-order valence-electron chi connectivity index (χ4n) is 3.42. The van der Waals surface area contributed by atoms with Crippen LogP contribution in [-0.2, 0) is 9.53 Å². The molecule has 1 heterocycles. The van der Waals surface area contributed by atoms with Crippen molar-refractivity contribution in [2.75, 3.05) is 19.8 Å². The van der Waals surface area contributed by atoms with Gasteiger partial charge in [0.2, 0.25) is 0 Å². The molecule has 1 aliphatic heterocycles. The molecule has 1 N–H and O–H groups in total. The van der Waals surface area contributed by atoms with Crippen molar-refractivity contribution in [2.45, 2.75) is 26.8 Å². The second kappa shape index (κ2) is 10.1. The number of imide groups is 1. The van der Waals surface area contributed by atoms with Crippen molar-refractivity contribution in [3.8, 4) is 5.75 Å². The Bertz CT molecular complexity index is 998. The molecule has 8 heteroatoms. The molecular weight excluding hydrogens is 412 g/mol. The number of para-hydroxylation sites is 1. The Hall–Kier alpha value is -3.68. The Balaban J connectivity index is 1.60. The first kappa shape index (κ1) is 23.0. The summed E-state index contributed by atoms with van der Waals surface area (Å²) < 4.78 is 10.8. The van der Waals surface area contributed by atoms with Crippen LogP contribution >= 0.6 is 0 Å². The molecule has 0 unspecified atom stereocenters. The summed E-state index contributed by atoms with van der Waals surface area (Å²) in [6, 6.07) is 12.4. The van der Waals surface area contributed by atoms with E-state index >= 15 is 0 Å². The van der Waals surface area contributed by atoms with Crippen molar-refractivity contribution < 1.29 is 28.7 Å². The Kier molecular flexibility index (Phi) is 7.25. The average molecular weight is 438 g/mol. The van der Waals surface area contributed by atoms with Gasteiger partial charge < -0.3 is 14.8 Å². The SMILES string of the molecule is CCOc1ccccc1C(=O)N[C@H](C(=O)OCCN1C(=O)c2ccccc2C1=O)C(C)C. The van der Waals surface area contributed by atoms with Gasteiger partial charge >= 0.3 is 5.97 Å². The lowest BCUT2D eigenvalue weighted by molar-refractivity contribution is -0.147. The van der Waals surface area contributed by atoms with Crippen LogP contribution in [0.2, 0.25) is 0 Å². The highest BCUT2D eigenvalue weighted by Crippen LogP contribution is 2.22. The number of fused-ring (bicyclic) bond motifs is 1. The number of rotatable bonds is 9. The quantitative estimate of drug-likeness (QED) is 0.477. The van der Waals surface area contributed by atoms with Crippen LogP contribution in [0.5, 0.6) is 5.75 Å². The molecule has 0 spiro atoms. The number of ether oxygens (including phenoxy) is 2. The van der Waals surface area contributed by atoms with Crippen LogP contribution in [0.3, 0.4) is 0 Å². The zero-order valence-electron chi connectivity index (χ0n) is 18.3. The molecule has 0 saturated carbocycles. The lowest BCUT2D eigenvalue weighted by atomic mass is 10.0. The first-order valence-electron chi connectivity index (χ1n) is 10.5. The van der Waals surface area contributed by atoms with E-state index in [-0.39, 0.29) is 19.1 Å². The van der Waals surface area contributed by atoms with Crippen LogP contribution in [0, 0.1) is 5.92 Å². The summed E-state index contributed by atoms with van der Waals surface area (Å²) in [5.74, 6) is -1.74. The maximum absolute atomic E-state index is 12.8. The van der Waals surface area contributed by atoms with Crippen LogP contribution in [0.4, 0.5) is 0 Å². The van der Waals surface area contributed by atoms with Crippen LogP contribution in [0.15, 0.2) is 48.5 Å². The van der Waals surface area contributed by atoms with Gasteiger partial charge in [0, 0.05) is 0 Å². The molecular formula is C24H26N2O6. The van der Waals surface area contributed by atoms with Crippen molar-refractivity contribution >= 4 is 23.7 Å². The molecule has 3 amide bonds. The second-order valence-corrected chi connectivity index (χ2v) is 7.60. The summed E-state index contributed by atoms with van der Waals surface area (Å²) in [5, 5.41) is 2.70. The normalized spacial score (nSPS) is 13.7. The highest BCUT2D eigenvalue weighted by atomic mass is 16.5. The van der Waals surface area contributed by atoms with E-state index in [1.807, 2.05) is 6.92 Å². The molecule has 1 aliphatic rings. The van der Waals surface area contributed by atoms with Crippen molar-refractivity contribution in [3.05, 3.63) is 65.2 Å². The monoisotopic (exact) mass is 438 g/mol. The van der Waals surface area contributed by atoms with E-state index < -0.39 is 29.7 Å². The minimum Gasteiger partial charge on any atom is -0.493 e. The van der Waals surface area contributed by atoms with Gasteiger partial charge in [0.25, 0.3) is 17.7 Å². The number of benzene rings is 2. The third-order valence-corrected chi connectivity index (χ3v) is 5.08. The van der Waals surface area contributed by atoms with E-state index in [0.29, 0.717) is 29.0 Å². The van der Waals surface area contributed by atoms with Gasteiger partial charge in [-0.25, -0.2) is 4.79 Å². The predicted molar refractivity (Wildman–Crippen MR) is 116 cm³/mol. The van der Waals surface area contributed by atoms with Gasteiger partial charge in [-0.15, -0.1) is 0 Å². The van der Waals surface area contributed by atoms with Gasteiger partial charge in [-0.1, -0.05) is 38.1 Å². The van der Waals surface area contributed by atoms with Gasteiger partial charge in [0.15, 0.2) is 0 Å². The summed E-state index contributed by atoms with van der Waals surface area (Å²) in [4.78, 5) is 51.3. The third-order valence-electron chi connectivity index (χ3n) is 5.08. The lowest BCUT2D eigenvalue weighted by Gasteiger charge is -2.22. The van der Waals surface area contributed by atoms with Crippen molar-refractivity contribution in [1.82, 2.24) is 10.2 Å². The first-order valence-corrected chi connectivity index (χ1v) is 10.5. The Morgan fingerprint density at radius 3 is 2.16 bits per heavy atom. The number of esters is 1. The zero-order chi connectivity index (χ0) is 23.3. The largest absolute Gasteiger partial charge is 0.493 e. The number of nitrogens with zero attached hydrogens (tertiary/aromatic N) is 1. The number of amides is 3. The Labute approximate surface area is 186 Å². The molecule has 3 rings (SSSR count). The highest BCUT2D eigenvalue weighted by molar-refractivity contribution is 6.21. The average Bonchev–Trinajstić information content (AvgIpc) is 3.02. The van der Waals surface area contributed by atoms with E-state index in [9.17, 15) is 19.2 Å². The van der Waals surface area contributed by atoms with Crippen LogP contribution in [0.25, 0.3) is 0 Å². The molecule has 1 atom stereocenters. The number of hydrogen-bond donors (Lipinski definition) is 1. The molecule has 32 heavy (non-hydrogen) atoms. The predicted octanol–water partition coefficient (Wildman–Crippen LogP) is 2.68. The molecule has 0 fully saturated rings. The topological polar surface area (TPSA) is 102 Å². The molecule has 0 bridgehead atoms. The molecule has 0 saturated heterocycles. The maximum atomic E-state index is 12.8. The van der Waals surface area contributed by atoms with Gasteiger partial charge in [-0.3, -0.25) is 19.3 Å². The molecule has 168 valence electrons. The van der Waals surface area contributed by atoms with Crippen LogP contribution in [-0.4, -0.2) is 54.4 Å². The maximum Gasteiger partial charge on any atom is 0.328 e. The Morgan fingerprint density at radius 2 is 1.56 bits per heavy atom. The standard InChI is InChI=1S/C24H26N2O6/c1-4-31-19-12-8-7-11-18(19)21(27)25-20(15(2)3)24(30)32-14-13-26-22(28)16-9-5-6-10-17(16)23(26)29/h5-12,15,20H,4,13-14H2,1-3H3,(H,25,27)/t20-/m0/s1. The summed E-state index contributed by atoms with van der Waals surface area (Å²) in [6.07, 6.45) is 0. The van der Waals surface area contributed by atoms with Crippen LogP contribution in [0.1, 0.15) is 51.8 Å². The van der Waals surface area contributed by atoms with Crippen LogP contribution < -0.4 is 10.1 Å². The van der Waals surface area contributed by atoms with E-state index in [2.05, 4.69) is 5.32 Å². The number of carbonyl (C=O) groups is 4. The number of carbonyl (C=O) groups excluding carboxylic acids is 4. The third kappa shape index (κ3) is 4.80. The van der Waals surface area contributed by atoms with Gasteiger partial charge in [0.05, 0.1) is 29.8 Å². The molecule has 0 radical (unpaired) electrons. The van der Waals surface area contributed by atoms with Gasteiger partial charge in [-0.05, 0) is 37.1 Å². The zero-order valence-corrected chi connectivity index (χ0v) is 18.3. The van der Waals surface area contributed by atoms with Crippen molar-refractivity contribution in [2.24, 2.45) is 5.92 Å². The fourth-order valence-corrected chi connectivity index (χ4v) is 3.42. The molecule has 0 aromatic heterocycles. The molecule has 0 aliphatic carbocycles. The van der Waals surface area contributed by atoms with E-state index in [4.69, 9.17) is 9.47 Å². The molecule has 2 aromatic rings. The smallest absolute Gasteiger partial charge is 0.328 e. The summed E-state index contributed by atoms with van der Waals surface area (Å²) in [6.45, 7) is 5.55. The summed E-state index contributed by atoms with van der Waals surface area (Å²) in [7, 11) is 0. The minimum absolute atomic E-state index is 0.0655. The van der Waals surface area contributed by atoms with E-state index in [0.717, 1.165) is 4.90 Å². The van der Waals surface area contributed by atoms with Gasteiger partial charge in [-0.2, -0.15) is 0 Å². The first-order chi connectivity index (χ1) is 15.3. The summed E-state index contributed by atoms with van der Waals surface area (Å²) >= 11 is 0. The van der Waals surface area contributed by atoms with Gasteiger partial charge in [0.1, 0.15) is 18.4 Å². The van der Waals surface area contributed by atoms with E-state index in [1.165, 1.54) is 0 Å². The minimum atomic E-state index is -0.903. The lowest BCUT2D eigenvalue weighted by Crippen LogP contribution is -2.46. The highest BCUT2D eigenvalue weighted by Gasteiger charge is 2.35. The fraction of sp³-hybridized carbons (Fsp3) is 0.333.